The van der Waals surface area contributed by atoms with Crippen molar-refractivity contribution < 1.29 is 23.9 Å². The summed E-state index contributed by atoms with van der Waals surface area (Å²) in [5, 5.41) is 3.16. The maximum absolute atomic E-state index is 13.1. The SMILES string of the molecule is CCC(CC)CCOC(CC)(CC)CCC(=O)NC(CCC(C)=O)(CCC(C)=O)CCC(C)=O. The summed E-state index contributed by atoms with van der Waals surface area (Å²) in [6, 6.07) is 0. The quantitative estimate of drug-likeness (QED) is 0.213. The summed E-state index contributed by atoms with van der Waals surface area (Å²) in [6.45, 7) is 13.9. The van der Waals surface area contributed by atoms with E-state index in [2.05, 4.69) is 33.0 Å². The number of hydrogen-bond acceptors (Lipinski definition) is 5. The summed E-state index contributed by atoms with van der Waals surface area (Å²) in [7, 11) is 0. The van der Waals surface area contributed by atoms with E-state index in [9.17, 15) is 19.2 Å². The van der Waals surface area contributed by atoms with Crippen molar-refractivity contribution >= 4 is 23.3 Å². The van der Waals surface area contributed by atoms with E-state index in [4.69, 9.17) is 4.74 Å². The highest BCUT2D eigenvalue weighted by Crippen LogP contribution is 2.30. The molecule has 0 unspecified atom stereocenters. The van der Waals surface area contributed by atoms with Crippen molar-refractivity contribution in [3.8, 4) is 0 Å². The van der Waals surface area contributed by atoms with Gasteiger partial charge in [-0.05, 0) is 71.6 Å². The first-order chi connectivity index (χ1) is 16.0. The van der Waals surface area contributed by atoms with Crippen molar-refractivity contribution in [3.05, 3.63) is 0 Å². The molecular formula is C28H51NO5. The number of nitrogens with one attached hydrogen (secondary N) is 1. The molecule has 0 saturated heterocycles. The fraction of sp³-hybridized carbons (Fsp3) is 0.857. The average Bonchev–Trinajstić information content (AvgIpc) is 2.80. The van der Waals surface area contributed by atoms with Gasteiger partial charge < -0.3 is 24.4 Å². The highest BCUT2D eigenvalue weighted by atomic mass is 16.5. The molecule has 6 heteroatoms. The summed E-state index contributed by atoms with van der Waals surface area (Å²) in [5.74, 6) is 0.660. The normalized spacial score (nSPS) is 12.1. The molecule has 0 spiro atoms. The molecule has 0 aromatic carbocycles. The Morgan fingerprint density at radius 3 is 1.50 bits per heavy atom. The highest BCUT2D eigenvalue weighted by Gasteiger charge is 2.34. The minimum absolute atomic E-state index is 0.0334. The lowest BCUT2D eigenvalue weighted by Crippen LogP contribution is -2.49. The van der Waals surface area contributed by atoms with Crippen LogP contribution in [0, 0.1) is 5.92 Å². The van der Waals surface area contributed by atoms with Gasteiger partial charge in [0.1, 0.15) is 17.3 Å². The van der Waals surface area contributed by atoms with Crippen molar-refractivity contribution in [2.24, 2.45) is 5.92 Å². The lowest BCUT2D eigenvalue weighted by molar-refractivity contribution is -0.128. The Balaban J connectivity index is 5.36. The predicted octanol–water partition coefficient (Wildman–Crippen LogP) is 6.13. The summed E-state index contributed by atoms with van der Waals surface area (Å²) < 4.78 is 6.37. The molecule has 0 bridgehead atoms. The van der Waals surface area contributed by atoms with Gasteiger partial charge in [-0.15, -0.1) is 0 Å². The second kappa shape index (κ2) is 17.0. The molecule has 34 heavy (non-hydrogen) atoms. The fourth-order valence-electron chi connectivity index (χ4n) is 4.53. The maximum atomic E-state index is 13.1. The molecule has 0 aliphatic heterocycles. The van der Waals surface area contributed by atoms with E-state index in [1.165, 1.54) is 20.8 Å². The van der Waals surface area contributed by atoms with Crippen LogP contribution in [-0.4, -0.2) is 41.0 Å². The van der Waals surface area contributed by atoms with E-state index in [0.717, 1.165) is 32.1 Å². The Bertz CT molecular complexity index is 589. The number of carbonyl (C=O) groups excluding carboxylic acids is 4. The minimum atomic E-state index is -0.725. The molecule has 198 valence electrons. The van der Waals surface area contributed by atoms with Crippen LogP contribution in [0.2, 0.25) is 0 Å². The average molecular weight is 482 g/mol. The molecule has 0 aromatic heterocycles. The molecule has 0 fully saturated rings. The van der Waals surface area contributed by atoms with E-state index < -0.39 is 5.54 Å². The zero-order valence-electron chi connectivity index (χ0n) is 23.0. The number of hydrogen-bond donors (Lipinski definition) is 1. The number of ketones is 3. The largest absolute Gasteiger partial charge is 0.375 e. The second-order valence-corrected chi connectivity index (χ2v) is 10.1. The van der Waals surface area contributed by atoms with Crippen molar-refractivity contribution in [3.63, 3.8) is 0 Å². The van der Waals surface area contributed by atoms with Crippen molar-refractivity contribution in [2.75, 3.05) is 6.61 Å². The molecular weight excluding hydrogens is 430 g/mol. The zero-order chi connectivity index (χ0) is 26.2. The van der Waals surface area contributed by atoms with Gasteiger partial charge >= 0.3 is 0 Å². The molecule has 0 atom stereocenters. The van der Waals surface area contributed by atoms with Gasteiger partial charge in [0.15, 0.2) is 0 Å². The van der Waals surface area contributed by atoms with Gasteiger partial charge in [-0.1, -0.05) is 40.5 Å². The van der Waals surface area contributed by atoms with E-state index >= 15 is 0 Å². The van der Waals surface area contributed by atoms with E-state index in [1.807, 2.05) is 0 Å². The Morgan fingerprint density at radius 2 is 1.15 bits per heavy atom. The Labute approximate surface area is 208 Å². The summed E-state index contributed by atoms with van der Waals surface area (Å²) in [5.41, 5.74) is -1.05. The first-order valence-electron chi connectivity index (χ1n) is 13.4. The molecule has 0 saturated carbocycles. The number of Topliss-reactive ketones (excluding diaryl/α,β-unsaturated/α-hetero) is 3. The van der Waals surface area contributed by atoms with Crippen molar-refractivity contribution in [2.45, 2.75) is 143 Å². The van der Waals surface area contributed by atoms with Crippen LogP contribution in [0.3, 0.4) is 0 Å². The lowest BCUT2D eigenvalue weighted by atomic mass is 9.81. The van der Waals surface area contributed by atoms with E-state index in [-0.39, 0.29) is 28.9 Å². The molecule has 0 aliphatic carbocycles. The number of amides is 1. The molecule has 0 rings (SSSR count). The van der Waals surface area contributed by atoms with Crippen LogP contribution in [0.25, 0.3) is 0 Å². The van der Waals surface area contributed by atoms with Crippen LogP contribution in [-0.2, 0) is 23.9 Å². The standard InChI is InChI=1S/C28H51NO5/c1-8-25(9-2)16-21-34-28(10-3,11-4)20-15-26(33)29-27(17-12-22(5)30,18-13-23(6)31)19-14-24(7)32/h25H,8-21H2,1-7H3,(H,29,33). The third kappa shape index (κ3) is 13.4. The fourth-order valence-corrected chi connectivity index (χ4v) is 4.53. The number of rotatable bonds is 21. The van der Waals surface area contributed by atoms with Crippen molar-refractivity contribution in [1.82, 2.24) is 5.32 Å². The van der Waals surface area contributed by atoms with Gasteiger partial charge in [0, 0.05) is 37.8 Å². The van der Waals surface area contributed by atoms with Gasteiger partial charge in [0.2, 0.25) is 5.91 Å². The van der Waals surface area contributed by atoms with Gasteiger partial charge in [0.25, 0.3) is 0 Å². The zero-order valence-corrected chi connectivity index (χ0v) is 23.0. The van der Waals surface area contributed by atoms with Gasteiger partial charge in [-0.2, -0.15) is 0 Å². The van der Waals surface area contributed by atoms with Crippen LogP contribution < -0.4 is 5.32 Å². The number of carbonyl (C=O) groups is 4. The Hall–Kier alpha value is -1.56. The third-order valence-corrected chi connectivity index (χ3v) is 7.46. The first-order valence-corrected chi connectivity index (χ1v) is 13.4. The molecule has 1 amide bonds. The second-order valence-electron chi connectivity index (χ2n) is 10.1. The first kappa shape index (κ1) is 32.4. The lowest BCUT2D eigenvalue weighted by Gasteiger charge is -2.36. The topological polar surface area (TPSA) is 89.5 Å². The number of ether oxygens (including phenoxy) is 1. The van der Waals surface area contributed by atoms with Crippen LogP contribution in [0.5, 0.6) is 0 Å². The van der Waals surface area contributed by atoms with Gasteiger partial charge in [-0.3, -0.25) is 4.79 Å². The Morgan fingerprint density at radius 1 is 0.706 bits per heavy atom. The Kier molecular flexibility index (Phi) is 16.2. The smallest absolute Gasteiger partial charge is 0.220 e. The maximum Gasteiger partial charge on any atom is 0.220 e. The van der Waals surface area contributed by atoms with Crippen LogP contribution in [0.15, 0.2) is 0 Å². The molecule has 0 heterocycles. The summed E-state index contributed by atoms with van der Waals surface area (Å²) in [6.07, 6.45) is 8.18. The molecule has 0 aromatic rings. The van der Waals surface area contributed by atoms with Crippen LogP contribution in [0.4, 0.5) is 0 Å². The van der Waals surface area contributed by atoms with Crippen molar-refractivity contribution in [1.29, 1.82) is 0 Å². The monoisotopic (exact) mass is 481 g/mol. The third-order valence-electron chi connectivity index (χ3n) is 7.46. The highest BCUT2D eigenvalue weighted by molar-refractivity contribution is 5.79. The van der Waals surface area contributed by atoms with E-state index in [1.54, 1.807) is 0 Å². The molecule has 6 nitrogen and oxygen atoms in total. The van der Waals surface area contributed by atoms with Crippen LogP contribution >= 0.6 is 0 Å². The van der Waals surface area contributed by atoms with Gasteiger partial charge in [0.05, 0.1) is 5.60 Å². The molecule has 1 N–H and O–H groups in total. The van der Waals surface area contributed by atoms with Gasteiger partial charge in [-0.25, -0.2) is 0 Å². The summed E-state index contributed by atoms with van der Waals surface area (Å²) >= 11 is 0. The van der Waals surface area contributed by atoms with E-state index in [0.29, 0.717) is 63.9 Å². The minimum Gasteiger partial charge on any atom is -0.375 e. The van der Waals surface area contributed by atoms with Crippen LogP contribution in [0.1, 0.15) is 132 Å². The predicted molar refractivity (Wildman–Crippen MR) is 138 cm³/mol. The molecule has 0 radical (unpaired) electrons. The molecule has 0 aliphatic rings. The summed E-state index contributed by atoms with van der Waals surface area (Å²) in [4.78, 5) is 48.3.